The molecule has 0 spiro atoms. The Morgan fingerprint density at radius 3 is 2.74 bits per heavy atom. The summed E-state index contributed by atoms with van der Waals surface area (Å²) in [6, 6.07) is 14.1. The van der Waals surface area contributed by atoms with E-state index in [-0.39, 0.29) is 5.56 Å². The van der Waals surface area contributed by atoms with Crippen LogP contribution in [-0.2, 0) is 19.5 Å². The quantitative estimate of drug-likeness (QED) is 0.480. The molecular formula is C24H20BrN5O. The average Bonchev–Trinajstić information content (AvgIpc) is 2.80. The van der Waals surface area contributed by atoms with Gasteiger partial charge in [0.25, 0.3) is 5.56 Å². The van der Waals surface area contributed by atoms with Crippen molar-refractivity contribution < 1.29 is 0 Å². The molecule has 1 aliphatic heterocycles. The van der Waals surface area contributed by atoms with E-state index in [1.54, 1.807) is 12.4 Å². The van der Waals surface area contributed by atoms with Gasteiger partial charge >= 0.3 is 0 Å². The maximum absolute atomic E-state index is 12.8. The maximum atomic E-state index is 12.8. The van der Waals surface area contributed by atoms with E-state index < -0.39 is 0 Å². The number of fused-ring (bicyclic) bond motifs is 1. The van der Waals surface area contributed by atoms with Gasteiger partial charge in [-0.25, -0.2) is 4.98 Å². The summed E-state index contributed by atoms with van der Waals surface area (Å²) in [5.74, 6) is 0.578. The highest BCUT2D eigenvalue weighted by molar-refractivity contribution is 9.10. The molecule has 6 nitrogen and oxygen atoms in total. The van der Waals surface area contributed by atoms with E-state index >= 15 is 0 Å². The zero-order valence-corrected chi connectivity index (χ0v) is 18.3. The number of nitrogens with zero attached hydrogens (tertiary/aromatic N) is 4. The third-order valence-electron chi connectivity index (χ3n) is 5.52. The molecule has 1 N–H and O–H groups in total. The highest BCUT2D eigenvalue weighted by atomic mass is 79.9. The van der Waals surface area contributed by atoms with Crippen molar-refractivity contribution in [1.82, 2.24) is 24.8 Å². The molecule has 5 rings (SSSR count). The molecule has 4 aromatic rings. The number of halogens is 1. The Labute approximate surface area is 188 Å². The van der Waals surface area contributed by atoms with Crippen LogP contribution in [0.2, 0.25) is 0 Å². The molecule has 31 heavy (non-hydrogen) atoms. The summed E-state index contributed by atoms with van der Waals surface area (Å²) in [6.07, 6.45) is 7.89. The van der Waals surface area contributed by atoms with Crippen molar-refractivity contribution in [3.63, 3.8) is 0 Å². The molecule has 154 valence electrons. The Morgan fingerprint density at radius 1 is 1.03 bits per heavy atom. The van der Waals surface area contributed by atoms with E-state index in [0.717, 1.165) is 57.5 Å². The summed E-state index contributed by atoms with van der Waals surface area (Å²) in [6.45, 7) is 2.12. The first-order valence-corrected chi connectivity index (χ1v) is 10.9. The van der Waals surface area contributed by atoms with Crippen molar-refractivity contribution in [2.75, 3.05) is 6.54 Å². The van der Waals surface area contributed by atoms with Gasteiger partial charge < -0.3 is 4.98 Å². The number of hydrogen-bond acceptors (Lipinski definition) is 5. The van der Waals surface area contributed by atoms with E-state index in [1.807, 2.05) is 42.7 Å². The topological polar surface area (TPSA) is 74.8 Å². The molecule has 1 aromatic carbocycles. The number of pyridine rings is 2. The summed E-state index contributed by atoms with van der Waals surface area (Å²) in [7, 11) is 0. The van der Waals surface area contributed by atoms with Gasteiger partial charge in [0.15, 0.2) is 0 Å². The minimum Gasteiger partial charge on any atom is -0.306 e. The third-order valence-corrected chi connectivity index (χ3v) is 6.01. The fourth-order valence-corrected chi connectivity index (χ4v) is 4.39. The van der Waals surface area contributed by atoms with Gasteiger partial charge in [-0.1, -0.05) is 28.1 Å². The molecule has 0 saturated heterocycles. The van der Waals surface area contributed by atoms with Gasteiger partial charge in [0.2, 0.25) is 0 Å². The van der Waals surface area contributed by atoms with Crippen LogP contribution in [0.15, 0.2) is 76.5 Å². The van der Waals surface area contributed by atoms with Crippen LogP contribution < -0.4 is 5.56 Å². The minimum absolute atomic E-state index is 0.0769. The molecule has 0 amide bonds. The average molecular weight is 474 g/mol. The fourth-order valence-electron chi connectivity index (χ4n) is 3.99. The number of hydrogen-bond donors (Lipinski definition) is 1. The minimum atomic E-state index is -0.0769. The van der Waals surface area contributed by atoms with Gasteiger partial charge in [-0.3, -0.25) is 19.7 Å². The standard InChI is InChI=1S/C24H20BrN5O/c25-19-5-1-3-16(11-19)20-6-9-27-13-18(20)14-30-10-7-22-21(15-30)24(31)29-23(28-22)17-4-2-8-26-12-17/h1-6,8-9,11-13H,7,10,14-15H2,(H,28,29,31). The second-order valence-corrected chi connectivity index (χ2v) is 8.50. The van der Waals surface area contributed by atoms with Crippen LogP contribution in [0.4, 0.5) is 0 Å². The number of rotatable bonds is 4. The molecule has 0 fully saturated rings. The second kappa shape index (κ2) is 8.53. The SMILES string of the molecule is O=c1[nH]c(-c2cccnc2)nc2c1CN(Cc1cnccc1-c1cccc(Br)c1)CC2. The molecule has 0 aliphatic carbocycles. The Hall–Kier alpha value is -3.16. The van der Waals surface area contributed by atoms with E-state index in [0.29, 0.717) is 12.4 Å². The van der Waals surface area contributed by atoms with E-state index in [9.17, 15) is 4.79 Å². The lowest BCUT2D eigenvalue weighted by Crippen LogP contribution is -2.35. The largest absolute Gasteiger partial charge is 0.306 e. The van der Waals surface area contributed by atoms with Crippen LogP contribution in [0.25, 0.3) is 22.5 Å². The van der Waals surface area contributed by atoms with Gasteiger partial charge in [-0.15, -0.1) is 0 Å². The number of benzene rings is 1. The molecular weight excluding hydrogens is 454 g/mol. The molecule has 0 atom stereocenters. The monoisotopic (exact) mass is 473 g/mol. The highest BCUT2D eigenvalue weighted by Crippen LogP contribution is 2.28. The van der Waals surface area contributed by atoms with Crippen LogP contribution in [-0.4, -0.2) is 31.4 Å². The normalized spacial score (nSPS) is 13.7. The van der Waals surface area contributed by atoms with Gasteiger partial charge in [0.05, 0.1) is 11.3 Å². The Balaban J connectivity index is 1.41. The summed E-state index contributed by atoms with van der Waals surface area (Å²) in [5.41, 5.74) is 5.79. The van der Waals surface area contributed by atoms with Gasteiger partial charge in [-0.2, -0.15) is 0 Å². The van der Waals surface area contributed by atoms with Crippen molar-refractivity contribution >= 4 is 15.9 Å². The van der Waals surface area contributed by atoms with Gasteiger partial charge in [0.1, 0.15) is 5.82 Å². The van der Waals surface area contributed by atoms with Gasteiger partial charge in [0, 0.05) is 60.9 Å². The number of aromatic nitrogens is 4. The molecule has 0 saturated carbocycles. The second-order valence-electron chi connectivity index (χ2n) is 7.59. The summed E-state index contributed by atoms with van der Waals surface area (Å²) in [5, 5.41) is 0. The third kappa shape index (κ3) is 4.19. The van der Waals surface area contributed by atoms with E-state index in [1.165, 1.54) is 0 Å². The van der Waals surface area contributed by atoms with Crippen LogP contribution >= 0.6 is 15.9 Å². The predicted octanol–water partition coefficient (Wildman–Crippen LogP) is 4.21. The number of aromatic amines is 1. The zero-order chi connectivity index (χ0) is 21.2. The maximum Gasteiger partial charge on any atom is 0.255 e. The summed E-state index contributed by atoms with van der Waals surface area (Å²) in [4.78, 5) is 31.2. The molecule has 4 heterocycles. The number of H-pyrrole nitrogens is 1. The van der Waals surface area contributed by atoms with Gasteiger partial charge in [-0.05, 0) is 47.0 Å². The first-order chi connectivity index (χ1) is 15.2. The summed E-state index contributed by atoms with van der Waals surface area (Å²) < 4.78 is 1.04. The van der Waals surface area contributed by atoms with Crippen molar-refractivity contribution in [3.8, 4) is 22.5 Å². The lowest BCUT2D eigenvalue weighted by atomic mass is 10.00. The van der Waals surface area contributed by atoms with Crippen molar-refractivity contribution in [2.45, 2.75) is 19.5 Å². The van der Waals surface area contributed by atoms with Crippen LogP contribution in [0, 0.1) is 0 Å². The lowest BCUT2D eigenvalue weighted by Gasteiger charge is -2.28. The molecule has 0 unspecified atom stereocenters. The Morgan fingerprint density at radius 2 is 1.90 bits per heavy atom. The van der Waals surface area contributed by atoms with Crippen molar-refractivity contribution in [2.24, 2.45) is 0 Å². The molecule has 7 heteroatoms. The smallest absolute Gasteiger partial charge is 0.255 e. The highest BCUT2D eigenvalue weighted by Gasteiger charge is 2.22. The molecule has 0 radical (unpaired) electrons. The van der Waals surface area contributed by atoms with Crippen LogP contribution in [0.5, 0.6) is 0 Å². The Kier molecular flexibility index (Phi) is 5.44. The van der Waals surface area contributed by atoms with E-state index in [4.69, 9.17) is 4.98 Å². The summed E-state index contributed by atoms with van der Waals surface area (Å²) >= 11 is 3.56. The number of nitrogens with one attached hydrogen (secondary N) is 1. The molecule has 1 aliphatic rings. The Bertz CT molecular complexity index is 1290. The first-order valence-electron chi connectivity index (χ1n) is 10.1. The van der Waals surface area contributed by atoms with Crippen LogP contribution in [0.1, 0.15) is 16.8 Å². The molecule has 3 aromatic heterocycles. The zero-order valence-electron chi connectivity index (χ0n) is 16.8. The van der Waals surface area contributed by atoms with Crippen LogP contribution in [0.3, 0.4) is 0 Å². The lowest BCUT2D eigenvalue weighted by molar-refractivity contribution is 0.242. The predicted molar refractivity (Wildman–Crippen MR) is 123 cm³/mol. The van der Waals surface area contributed by atoms with Crippen molar-refractivity contribution in [1.29, 1.82) is 0 Å². The van der Waals surface area contributed by atoms with E-state index in [2.05, 4.69) is 47.9 Å². The first kappa shape index (κ1) is 19.8. The fraction of sp³-hybridized carbons (Fsp3) is 0.167. The molecule has 0 bridgehead atoms. The van der Waals surface area contributed by atoms with Crippen molar-refractivity contribution in [3.05, 3.63) is 98.9 Å².